The van der Waals surface area contributed by atoms with Gasteiger partial charge in [-0.3, -0.25) is 0 Å². The molecule has 0 atom stereocenters. The van der Waals surface area contributed by atoms with E-state index in [4.69, 9.17) is 15.2 Å². The van der Waals surface area contributed by atoms with Crippen molar-refractivity contribution in [1.29, 1.82) is 0 Å². The van der Waals surface area contributed by atoms with Crippen LogP contribution in [0.15, 0.2) is 36.4 Å². The van der Waals surface area contributed by atoms with E-state index in [9.17, 15) is 8.78 Å². The van der Waals surface area contributed by atoms with Gasteiger partial charge in [-0.25, -0.2) is 8.78 Å². The van der Waals surface area contributed by atoms with Crippen LogP contribution >= 0.6 is 0 Å². The van der Waals surface area contributed by atoms with Crippen molar-refractivity contribution in [2.24, 2.45) is 0 Å². The summed E-state index contributed by atoms with van der Waals surface area (Å²) in [5.41, 5.74) is 5.85. The first-order valence-electron chi connectivity index (χ1n) is 6.15. The Morgan fingerprint density at radius 1 is 1.00 bits per heavy atom. The maximum absolute atomic E-state index is 13.7. The standard InChI is InChI=1S/C15H15F2NO2/c1-9(2)19-14-8-15(13(18)7-12(14)17)20-11-5-3-10(16)4-6-11/h3-9H,18H2,1-2H3. The fourth-order valence-electron chi connectivity index (χ4n) is 1.61. The molecule has 3 nitrogen and oxygen atoms in total. The third-order valence-corrected chi connectivity index (χ3v) is 2.47. The van der Waals surface area contributed by atoms with Gasteiger partial charge in [0, 0.05) is 12.1 Å². The molecule has 0 bridgehead atoms. The lowest BCUT2D eigenvalue weighted by molar-refractivity contribution is 0.230. The van der Waals surface area contributed by atoms with Crippen LogP contribution in [0.25, 0.3) is 0 Å². The first kappa shape index (κ1) is 14.1. The molecule has 0 aliphatic carbocycles. The molecule has 0 unspecified atom stereocenters. The van der Waals surface area contributed by atoms with E-state index in [1.165, 1.54) is 30.3 Å². The average molecular weight is 279 g/mol. The van der Waals surface area contributed by atoms with Crippen LogP contribution in [-0.4, -0.2) is 6.10 Å². The van der Waals surface area contributed by atoms with Crippen molar-refractivity contribution in [3.05, 3.63) is 48.0 Å². The van der Waals surface area contributed by atoms with Gasteiger partial charge in [0.2, 0.25) is 0 Å². The minimum atomic E-state index is -0.553. The lowest BCUT2D eigenvalue weighted by Crippen LogP contribution is -2.07. The maximum atomic E-state index is 13.7. The van der Waals surface area contributed by atoms with Crippen molar-refractivity contribution < 1.29 is 18.3 Å². The number of hydrogen-bond acceptors (Lipinski definition) is 3. The molecule has 0 spiro atoms. The molecule has 0 radical (unpaired) electrons. The number of rotatable bonds is 4. The second kappa shape index (κ2) is 5.77. The van der Waals surface area contributed by atoms with Crippen molar-refractivity contribution in [2.75, 3.05) is 5.73 Å². The fraction of sp³-hybridized carbons (Fsp3) is 0.200. The summed E-state index contributed by atoms with van der Waals surface area (Å²) in [6.07, 6.45) is -0.174. The molecular formula is C15H15F2NO2. The van der Waals surface area contributed by atoms with E-state index < -0.39 is 5.82 Å². The van der Waals surface area contributed by atoms with E-state index in [1.54, 1.807) is 13.8 Å². The largest absolute Gasteiger partial charge is 0.488 e. The molecule has 106 valence electrons. The van der Waals surface area contributed by atoms with Gasteiger partial charge in [0.05, 0.1) is 11.8 Å². The number of hydrogen-bond donors (Lipinski definition) is 1. The smallest absolute Gasteiger partial charge is 0.167 e. The first-order chi connectivity index (χ1) is 9.45. The monoisotopic (exact) mass is 279 g/mol. The van der Waals surface area contributed by atoms with E-state index in [2.05, 4.69) is 0 Å². The van der Waals surface area contributed by atoms with Crippen molar-refractivity contribution >= 4 is 5.69 Å². The third-order valence-electron chi connectivity index (χ3n) is 2.47. The highest BCUT2D eigenvalue weighted by Crippen LogP contribution is 2.33. The van der Waals surface area contributed by atoms with Crippen molar-refractivity contribution in [3.8, 4) is 17.2 Å². The molecular weight excluding hydrogens is 264 g/mol. The van der Waals surface area contributed by atoms with Crippen LogP contribution in [-0.2, 0) is 0 Å². The van der Waals surface area contributed by atoms with Crippen LogP contribution in [0.5, 0.6) is 17.2 Å². The summed E-state index contributed by atoms with van der Waals surface area (Å²) < 4.78 is 37.3. The molecule has 5 heteroatoms. The highest BCUT2D eigenvalue weighted by molar-refractivity contribution is 5.57. The highest BCUT2D eigenvalue weighted by atomic mass is 19.1. The third kappa shape index (κ3) is 3.38. The van der Waals surface area contributed by atoms with Gasteiger partial charge < -0.3 is 15.2 Å². The fourth-order valence-corrected chi connectivity index (χ4v) is 1.61. The number of benzene rings is 2. The number of halogens is 2. The number of nitrogen functional groups attached to an aromatic ring is 1. The van der Waals surface area contributed by atoms with Gasteiger partial charge in [-0.05, 0) is 38.1 Å². The predicted molar refractivity (Wildman–Crippen MR) is 73.1 cm³/mol. The van der Waals surface area contributed by atoms with E-state index in [1.807, 2.05) is 0 Å². The molecule has 0 saturated carbocycles. The van der Waals surface area contributed by atoms with E-state index in [-0.39, 0.29) is 29.1 Å². The minimum Gasteiger partial charge on any atom is -0.488 e. The molecule has 2 N–H and O–H groups in total. The van der Waals surface area contributed by atoms with Crippen molar-refractivity contribution in [2.45, 2.75) is 20.0 Å². The van der Waals surface area contributed by atoms with Gasteiger partial charge in [0.25, 0.3) is 0 Å². The molecule has 2 aromatic carbocycles. The summed E-state index contributed by atoms with van der Waals surface area (Å²) in [6, 6.07) is 7.97. The normalized spacial score (nSPS) is 10.7. The van der Waals surface area contributed by atoms with Crippen molar-refractivity contribution in [1.82, 2.24) is 0 Å². The molecule has 20 heavy (non-hydrogen) atoms. The first-order valence-corrected chi connectivity index (χ1v) is 6.15. The zero-order valence-electron chi connectivity index (χ0n) is 11.2. The zero-order valence-corrected chi connectivity index (χ0v) is 11.2. The topological polar surface area (TPSA) is 44.5 Å². The Balaban J connectivity index is 2.28. The summed E-state index contributed by atoms with van der Waals surface area (Å²) in [7, 11) is 0. The van der Waals surface area contributed by atoms with Crippen LogP contribution in [0, 0.1) is 11.6 Å². The van der Waals surface area contributed by atoms with Gasteiger partial charge in [-0.1, -0.05) is 0 Å². The summed E-state index contributed by atoms with van der Waals surface area (Å²) in [5.74, 6) is -0.198. The molecule has 0 saturated heterocycles. The maximum Gasteiger partial charge on any atom is 0.167 e. The predicted octanol–water partition coefficient (Wildman–Crippen LogP) is 4.13. The molecule has 2 rings (SSSR count). The van der Waals surface area contributed by atoms with Crippen LogP contribution in [0.4, 0.5) is 14.5 Å². The van der Waals surface area contributed by atoms with Gasteiger partial charge >= 0.3 is 0 Å². The lowest BCUT2D eigenvalue weighted by atomic mass is 10.2. The highest BCUT2D eigenvalue weighted by Gasteiger charge is 2.12. The van der Waals surface area contributed by atoms with Crippen LogP contribution in [0.2, 0.25) is 0 Å². The molecule has 0 aromatic heterocycles. The van der Waals surface area contributed by atoms with Crippen LogP contribution < -0.4 is 15.2 Å². The quantitative estimate of drug-likeness (QED) is 0.856. The van der Waals surface area contributed by atoms with E-state index in [0.717, 1.165) is 6.07 Å². The Morgan fingerprint density at radius 3 is 2.25 bits per heavy atom. The number of anilines is 1. The van der Waals surface area contributed by atoms with Crippen LogP contribution in [0.1, 0.15) is 13.8 Å². The van der Waals surface area contributed by atoms with Crippen molar-refractivity contribution in [3.63, 3.8) is 0 Å². The van der Waals surface area contributed by atoms with E-state index >= 15 is 0 Å². The Kier molecular flexibility index (Phi) is 4.08. The van der Waals surface area contributed by atoms with Gasteiger partial charge in [0.1, 0.15) is 11.6 Å². The lowest BCUT2D eigenvalue weighted by Gasteiger charge is -2.14. The Morgan fingerprint density at radius 2 is 1.65 bits per heavy atom. The van der Waals surface area contributed by atoms with Crippen LogP contribution in [0.3, 0.4) is 0 Å². The molecule has 0 amide bonds. The zero-order chi connectivity index (χ0) is 14.7. The molecule has 0 fully saturated rings. The molecule has 2 aromatic rings. The molecule has 0 heterocycles. The Hall–Kier alpha value is -2.30. The number of nitrogens with two attached hydrogens (primary N) is 1. The molecule has 0 aliphatic heterocycles. The van der Waals surface area contributed by atoms with Gasteiger partial charge in [-0.2, -0.15) is 0 Å². The van der Waals surface area contributed by atoms with E-state index in [0.29, 0.717) is 5.75 Å². The second-order valence-corrected chi connectivity index (χ2v) is 4.54. The summed E-state index contributed by atoms with van der Waals surface area (Å²) in [6.45, 7) is 3.58. The summed E-state index contributed by atoms with van der Waals surface area (Å²) in [5, 5.41) is 0. The Bertz CT molecular complexity index is 598. The Labute approximate surface area is 115 Å². The molecule has 0 aliphatic rings. The number of ether oxygens (including phenoxy) is 2. The average Bonchev–Trinajstić information content (AvgIpc) is 2.37. The second-order valence-electron chi connectivity index (χ2n) is 4.54. The summed E-state index contributed by atoms with van der Waals surface area (Å²) >= 11 is 0. The SMILES string of the molecule is CC(C)Oc1cc(Oc2ccc(F)cc2)c(N)cc1F. The van der Waals surface area contributed by atoms with Gasteiger partial charge in [0.15, 0.2) is 17.3 Å². The van der Waals surface area contributed by atoms with Gasteiger partial charge in [-0.15, -0.1) is 0 Å². The minimum absolute atomic E-state index is 0.0614. The summed E-state index contributed by atoms with van der Waals surface area (Å²) in [4.78, 5) is 0.